The van der Waals surface area contributed by atoms with Gasteiger partial charge in [0.25, 0.3) is 0 Å². The van der Waals surface area contributed by atoms with Gasteiger partial charge in [-0.15, -0.1) is 0 Å². The summed E-state index contributed by atoms with van der Waals surface area (Å²) >= 11 is 6.96. The van der Waals surface area contributed by atoms with Crippen LogP contribution in [0.25, 0.3) is 22.0 Å². The average molecular weight is 610 g/mol. The maximum Gasteiger partial charge on any atom is 0.337 e. The molecule has 1 saturated heterocycles. The molecule has 4 heterocycles. The van der Waals surface area contributed by atoms with Crippen LogP contribution in [0.3, 0.4) is 0 Å². The number of halogens is 2. The van der Waals surface area contributed by atoms with Crippen molar-refractivity contribution in [1.82, 2.24) is 24.2 Å². The molecule has 2 aliphatic rings. The van der Waals surface area contributed by atoms with Crippen molar-refractivity contribution < 1.29 is 23.8 Å². The first-order valence-electron chi connectivity index (χ1n) is 14.9. The Labute approximate surface area is 255 Å². The van der Waals surface area contributed by atoms with Crippen LogP contribution in [-0.4, -0.2) is 80.9 Å². The van der Waals surface area contributed by atoms with E-state index in [2.05, 4.69) is 9.88 Å². The van der Waals surface area contributed by atoms with Crippen molar-refractivity contribution in [3.63, 3.8) is 0 Å². The highest BCUT2D eigenvalue weighted by atomic mass is 35.5. The second-order valence-corrected chi connectivity index (χ2v) is 11.8. The quantitative estimate of drug-likeness (QED) is 0.253. The molecule has 0 saturated carbocycles. The number of carbonyl (C=O) groups is 1. The third kappa shape index (κ3) is 6.01. The maximum atomic E-state index is 14.2. The summed E-state index contributed by atoms with van der Waals surface area (Å²) in [6.07, 6.45) is 4.61. The number of ether oxygens (including phenoxy) is 2. The Bertz CT molecular complexity index is 1600. The molecular formula is C32H37ClFN5O4. The molecule has 0 amide bonds. The van der Waals surface area contributed by atoms with E-state index >= 15 is 0 Å². The molecule has 1 unspecified atom stereocenters. The molecule has 0 spiro atoms. The average Bonchev–Trinajstić information content (AvgIpc) is 3.72. The predicted molar refractivity (Wildman–Crippen MR) is 162 cm³/mol. The van der Waals surface area contributed by atoms with Crippen LogP contribution in [0.2, 0.25) is 5.02 Å². The molecule has 0 bridgehead atoms. The Balaban J connectivity index is 1.22. The van der Waals surface area contributed by atoms with Gasteiger partial charge in [0, 0.05) is 42.4 Å². The summed E-state index contributed by atoms with van der Waals surface area (Å²) in [5.41, 5.74) is 4.40. The van der Waals surface area contributed by atoms with Crippen LogP contribution in [0.1, 0.15) is 42.8 Å². The van der Waals surface area contributed by atoms with Crippen molar-refractivity contribution in [2.45, 2.75) is 51.9 Å². The summed E-state index contributed by atoms with van der Waals surface area (Å²) in [4.78, 5) is 20.0. The maximum absolute atomic E-state index is 14.2. The number of carbonyl (C=O) groups excluding carboxylic acids is 1. The van der Waals surface area contributed by atoms with Crippen LogP contribution < -0.4 is 4.74 Å². The summed E-state index contributed by atoms with van der Waals surface area (Å²) in [6, 6.07) is 8.91. The number of esters is 1. The number of aryl methyl sites for hydroxylation is 1. The fraction of sp³-hybridized carbons (Fsp3) is 0.469. The van der Waals surface area contributed by atoms with Gasteiger partial charge < -0.3 is 19.1 Å². The standard InChI is InChI=1S/C32H37ClFN5O4/c1-3-42-32(41)31(30-27-15-23(34)16-38(27)19-35-30)39-17-26-20(2)14-25(28(33)29(26)36-39)22-4-6-24(7-5-22)43-13-12-37-10-8-21(18-40)9-11-37/h4-7,14,17,19,21,23,31,40H,3,8-13,15-16,18H2,1-2H3/t23-,31?/m1/s1. The molecule has 9 nitrogen and oxygen atoms in total. The van der Waals surface area contributed by atoms with E-state index in [0.29, 0.717) is 34.5 Å². The normalized spacial score (nSPS) is 18.2. The van der Waals surface area contributed by atoms with Gasteiger partial charge in [0.05, 0.1) is 30.2 Å². The highest BCUT2D eigenvalue weighted by molar-refractivity contribution is 6.38. The molecule has 43 heavy (non-hydrogen) atoms. The van der Waals surface area contributed by atoms with Gasteiger partial charge in [-0.1, -0.05) is 23.7 Å². The summed E-state index contributed by atoms with van der Waals surface area (Å²) in [7, 11) is 0. The lowest BCUT2D eigenvalue weighted by Crippen LogP contribution is -2.37. The number of aliphatic hydroxyl groups excluding tert-OH is 1. The van der Waals surface area contributed by atoms with Crippen molar-refractivity contribution in [2.24, 2.45) is 5.92 Å². The lowest BCUT2D eigenvalue weighted by Gasteiger charge is -2.30. The Morgan fingerprint density at radius 1 is 1.23 bits per heavy atom. The SMILES string of the molecule is CCOC(=O)C(c1ncn2c1C[C@@H](F)C2)n1cc2c(C)cc(-c3ccc(OCCN4CCC(CO)CC4)cc3)c(Cl)c2n1. The van der Waals surface area contributed by atoms with Gasteiger partial charge in [0.15, 0.2) is 6.04 Å². The van der Waals surface area contributed by atoms with E-state index < -0.39 is 18.2 Å². The summed E-state index contributed by atoms with van der Waals surface area (Å²) in [6.45, 7) is 7.86. The number of likely N-dealkylation sites (tertiary alicyclic amines) is 1. The molecule has 1 fully saturated rings. The van der Waals surface area contributed by atoms with Crippen LogP contribution in [0.4, 0.5) is 4.39 Å². The molecular weight excluding hydrogens is 573 g/mol. The zero-order chi connectivity index (χ0) is 30.1. The molecule has 2 atom stereocenters. The molecule has 2 aromatic heterocycles. The van der Waals surface area contributed by atoms with Crippen LogP contribution in [0.5, 0.6) is 5.75 Å². The Kier molecular flexibility index (Phi) is 8.70. The zero-order valence-electron chi connectivity index (χ0n) is 24.5. The van der Waals surface area contributed by atoms with Gasteiger partial charge >= 0.3 is 5.97 Å². The molecule has 228 valence electrons. The minimum atomic E-state index is -1.01. The van der Waals surface area contributed by atoms with Crippen molar-refractivity contribution >= 4 is 28.5 Å². The fourth-order valence-corrected chi connectivity index (χ4v) is 6.47. The monoisotopic (exact) mass is 609 g/mol. The van der Waals surface area contributed by atoms with Gasteiger partial charge in [-0.2, -0.15) is 5.10 Å². The highest BCUT2D eigenvalue weighted by Crippen LogP contribution is 2.38. The van der Waals surface area contributed by atoms with Crippen molar-refractivity contribution in [3.05, 3.63) is 64.8 Å². The van der Waals surface area contributed by atoms with E-state index in [9.17, 15) is 14.3 Å². The van der Waals surface area contributed by atoms with Crippen molar-refractivity contribution in [1.29, 1.82) is 0 Å². The third-order valence-electron chi connectivity index (χ3n) is 8.59. The fourth-order valence-electron chi connectivity index (χ4n) is 6.17. The Hall–Kier alpha value is -3.47. The molecule has 2 aromatic carbocycles. The van der Waals surface area contributed by atoms with Gasteiger partial charge in [-0.25, -0.2) is 14.2 Å². The van der Waals surface area contributed by atoms with Crippen molar-refractivity contribution in [3.8, 4) is 16.9 Å². The summed E-state index contributed by atoms with van der Waals surface area (Å²) < 4.78 is 28.9. The number of benzene rings is 2. The number of nitrogens with zero attached hydrogens (tertiary/aromatic N) is 5. The molecule has 4 aromatic rings. The molecule has 0 radical (unpaired) electrons. The molecule has 0 aliphatic carbocycles. The predicted octanol–water partition coefficient (Wildman–Crippen LogP) is 4.99. The second-order valence-electron chi connectivity index (χ2n) is 11.5. The number of aliphatic hydroxyl groups is 1. The molecule has 6 rings (SSSR count). The smallest absolute Gasteiger partial charge is 0.337 e. The number of imidazole rings is 1. The summed E-state index contributed by atoms with van der Waals surface area (Å²) in [5, 5.41) is 15.4. The Morgan fingerprint density at radius 2 is 2.00 bits per heavy atom. The topological polar surface area (TPSA) is 94.6 Å². The zero-order valence-corrected chi connectivity index (χ0v) is 25.3. The minimum absolute atomic E-state index is 0.193. The first kappa shape index (κ1) is 29.6. The number of fused-ring (bicyclic) bond motifs is 2. The van der Waals surface area contributed by atoms with E-state index in [1.54, 1.807) is 28.7 Å². The first-order chi connectivity index (χ1) is 20.9. The van der Waals surface area contributed by atoms with Crippen LogP contribution in [-0.2, 0) is 22.5 Å². The Morgan fingerprint density at radius 3 is 2.72 bits per heavy atom. The lowest BCUT2D eigenvalue weighted by atomic mass is 9.98. The van der Waals surface area contributed by atoms with E-state index in [1.807, 2.05) is 37.3 Å². The molecule has 2 aliphatic heterocycles. The van der Waals surface area contributed by atoms with Gasteiger partial charge in [-0.3, -0.25) is 9.58 Å². The minimum Gasteiger partial charge on any atom is -0.492 e. The van der Waals surface area contributed by atoms with E-state index in [0.717, 1.165) is 60.3 Å². The second kappa shape index (κ2) is 12.6. The van der Waals surface area contributed by atoms with E-state index in [4.69, 9.17) is 26.2 Å². The number of hydrogen-bond acceptors (Lipinski definition) is 7. The number of hydrogen-bond donors (Lipinski definition) is 1. The van der Waals surface area contributed by atoms with E-state index in [1.165, 1.54) is 0 Å². The molecule has 11 heteroatoms. The van der Waals surface area contributed by atoms with E-state index in [-0.39, 0.29) is 26.2 Å². The number of alkyl halides is 1. The van der Waals surface area contributed by atoms with Crippen LogP contribution in [0.15, 0.2) is 42.9 Å². The van der Waals surface area contributed by atoms with Gasteiger partial charge in [-0.05, 0) is 75.0 Å². The van der Waals surface area contributed by atoms with Gasteiger partial charge in [0.1, 0.15) is 24.0 Å². The lowest BCUT2D eigenvalue weighted by molar-refractivity contribution is -0.146. The number of aromatic nitrogens is 4. The molecule has 1 N–H and O–H groups in total. The van der Waals surface area contributed by atoms with Crippen LogP contribution >= 0.6 is 11.6 Å². The third-order valence-corrected chi connectivity index (χ3v) is 8.97. The largest absolute Gasteiger partial charge is 0.492 e. The number of rotatable bonds is 10. The summed E-state index contributed by atoms with van der Waals surface area (Å²) in [5.74, 6) is 0.709. The first-order valence-corrected chi connectivity index (χ1v) is 15.3. The number of piperidine rings is 1. The van der Waals surface area contributed by atoms with Gasteiger partial charge in [0.2, 0.25) is 0 Å². The van der Waals surface area contributed by atoms with Crippen molar-refractivity contribution in [2.75, 3.05) is 39.5 Å². The van der Waals surface area contributed by atoms with Crippen LogP contribution in [0, 0.1) is 12.8 Å². The highest BCUT2D eigenvalue weighted by Gasteiger charge is 2.35.